The molecule has 0 aliphatic heterocycles. The lowest BCUT2D eigenvalue weighted by atomic mass is 9.78. The predicted octanol–water partition coefficient (Wildman–Crippen LogP) is 2.96. The predicted molar refractivity (Wildman–Crippen MR) is 92.0 cm³/mol. The van der Waals surface area contributed by atoms with Crippen LogP contribution >= 0.6 is 0 Å². The van der Waals surface area contributed by atoms with Crippen molar-refractivity contribution in [3.05, 3.63) is 29.8 Å². The van der Waals surface area contributed by atoms with Crippen LogP contribution in [0.15, 0.2) is 29.2 Å². The summed E-state index contributed by atoms with van der Waals surface area (Å²) in [5, 5.41) is 3.17. The molecule has 0 radical (unpaired) electrons. The zero-order valence-electron chi connectivity index (χ0n) is 14.2. The SMILES string of the molecule is CCS(=O)(=O)c1ccc(CC(=O)NC2[C@@H](C)CCC[C@@H]2C)cc1. The van der Waals surface area contributed by atoms with Gasteiger partial charge in [-0.3, -0.25) is 4.79 Å². The number of amides is 1. The summed E-state index contributed by atoms with van der Waals surface area (Å²) < 4.78 is 23.6. The number of sulfone groups is 1. The van der Waals surface area contributed by atoms with Crippen molar-refractivity contribution in [2.24, 2.45) is 11.8 Å². The topological polar surface area (TPSA) is 63.2 Å². The molecule has 0 bridgehead atoms. The minimum atomic E-state index is -3.18. The van der Waals surface area contributed by atoms with E-state index >= 15 is 0 Å². The van der Waals surface area contributed by atoms with Gasteiger partial charge in [0.1, 0.15) is 0 Å². The zero-order valence-corrected chi connectivity index (χ0v) is 15.0. The van der Waals surface area contributed by atoms with Gasteiger partial charge in [0, 0.05) is 6.04 Å². The molecular weight excluding hydrogens is 310 g/mol. The largest absolute Gasteiger partial charge is 0.353 e. The fourth-order valence-corrected chi connectivity index (χ4v) is 4.25. The Kier molecular flexibility index (Phi) is 5.84. The van der Waals surface area contributed by atoms with Crippen molar-refractivity contribution in [1.82, 2.24) is 5.32 Å². The fourth-order valence-electron chi connectivity index (χ4n) is 3.37. The molecule has 0 aromatic heterocycles. The summed E-state index contributed by atoms with van der Waals surface area (Å²) in [6.45, 7) is 6.03. The maximum atomic E-state index is 12.3. The van der Waals surface area contributed by atoms with Crippen LogP contribution in [0.2, 0.25) is 0 Å². The van der Waals surface area contributed by atoms with Crippen LogP contribution in [-0.2, 0) is 21.1 Å². The van der Waals surface area contributed by atoms with E-state index < -0.39 is 9.84 Å². The second kappa shape index (κ2) is 7.47. The quantitative estimate of drug-likeness (QED) is 0.898. The van der Waals surface area contributed by atoms with Crippen LogP contribution in [0.4, 0.5) is 0 Å². The van der Waals surface area contributed by atoms with Crippen LogP contribution in [0.3, 0.4) is 0 Å². The average molecular weight is 337 g/mol. The molecule has 1 saturated carbocycles. The highest BCUT2D eigenvalue weighted by Crippen LogP contribution is 2.28. The van der Waals surface area contributed by atoms with Gasteiger partial charge in [0.2, 0.25) is 5.91 Å². The number of carbonyl (C=O) groups is 1. The smallest absolute Gasteiger partial charge is 0.224 e. The molecule has 23 heavy (non-hydrogen) atoms. The van der Waals surface area contributed by atoms with Crippen LogP contribution in [0.5, 0.6) is 0 Å². The second-order valence-corrected chi connectivity index (χ2v) is 8.98. The highest BCUT2D eigenvalue weighted by Gasteiger charge is 2.28. The van der Waals surface area contributed by atoms with E-state index in [4.69, 9.17) is 0 Å². The van der Waals surface area contributed by atoms with Crippen molar-refractivity contribution in [2.45, 2.75) is 57.4 Å². The number of carbonyl (C=O) groups excluding carboxylic acids is 1. The van der Waals surface area contributed by atoms with E-state index in [0.29, 0.717) is 23.2 Å². The van der Waals surface area contributed by atoms with Gasteiger partial charge in [-0.1, -0.05) is 39.3 Å². The summed E-state index contributed by atoms with van der Waals surface area (Å²) in [4.78, 5) is 12.6. The number of rotatable bonds is 5. The van der Waals surface area contributed by atoms with Crippen LogP contribution in [-0.4, -0.2) is 26.1 Å². The van der Waals surface area contributed by atoms with Crippen LogP contribution in [0.25, 0.3) is 0 Å². The molecule has 0 unspecified atom stereocenters. The Morgan fingerprint density at radius 3 is 2.22 bits per heavy atom. The van der Waals surface area contributed by atoms with E-state index in [1.807, 2.05) is 0 Å². The second-order valence-electron chi connectivity index (χ2n) is 6.70. The lowest BCUT2D eigenvalue weighted by Crippen LogP contribution is -2.46. The van der Waals surface area contributed by atoms with Gasteiger partial charge < -0.3 is 5.32 Å². The molecule has 1 aliphatic rings. The van der Waals surface area contributed by atoms with Gasteiger partial charge in [-0.05, 0) is 42.4 Å². The molecular formula is C18H27NO3S. The van der Waals surface area contributed by atoms with Gasteiger partial charge in [0.05, 0.1) is 17.1 Å². The highest BCUT2D eigenvalue weighted by molar-refractivity contribution is 7.91. The molecule has 0 heterocycles. The third-order valence-corrected chi connectivity index (χ3v) is 6.65. The first-order chi connectivity index (χ1) is 10.8. The summed E-state index contributed by atoms with van der Waals surface area (Å²) in [5.41, 5.74) is 0.841. The standard InChI is InChI=1S/C18H27NO3S/c1-4-23(21,22)16-10-8-15(9-11-16)12-17(20)19-18-13(2)6-5-7-14(18)3/h8-11,13-14,18H,4-7,12H2,1-3H3,(H,19,20)/t13-,14-/m0/s1. The van der Waals surface area contributed by atoms with E-state index in [1.54, 1.807) is 31.2 Å². The van der Waals surface area contributed by atoms with Crippen molar-refractivity contribution in [2.75, 3.05) is 5.75 Å². The third kappa shape index (κ3) is 4.56. The molecule has 1 aromatic rings. The van der Waals surface area contributed by atoms with Gasteiger partial charge in [0.25, 0.3) is 0 Å². The highest BCUT2D eigenvalue weighted by atomic mass is 32.2. The van der Waals surface area contributed by atoms with Gasteiger partial charge in [-0.2, -0.15) is 0 Å². The molecule has 1 fully saturated rings. The van der Waals surface area contributed by atoms with Crippen molar-refractivity contribution in [1.29, 1.82) is 0 Å². The molecule has 0 saturated heterocycles. The maximum absolute atomic E-state index is 12.3. The Morgan fingerprint density at radius 1 is 1.13 bits per heavy atom. The summed E-state index contributed by atoms with van der Waals surface area (Å²) in [6, 6.07) is 6.89. The molecule has 5 heteroatoms. The Bertz CT molecular complexity index is 627. The minimum absolute atomic E-state index is 0.0155. The summed E-state index contributed by atoms with van der Waals surface area (Å²) in [6.07, 6.45) is 3.86. The van der Waals surface area contributed by atoms with Crippen LogP contribution in [0.1, 0.15) is 45.6 Å². The lowest BCUT2D eigenvalue weighted by Gasteiger charge is -2.35. The van der Waals surface area contributed by atoms with E-state index in [0.717, 1.165) is 5.56 Å². The molecule has 1 amide bonds. The van der Waals surface area contributed by atoms with Gasteiger partial charge in [-0.25, -0.2) is 8.42 Å². The fraction of sp³-hybridized carbons (Fsp3) is 0.611. The molecule has 2 rings (SSSR count). The van der Waals surface area contributed by atoms with Crippen LogP contribution in [0, 0.1) is 11.8 Å². The number of hydrogen-bond donors (Lipinski definition) is 1. The monoisotopic (exact) mass is 337 g/mol. The molecule has 2 atom stereocenters. The first-order valence-electron chi connectivity index (χ1n) is 8.44. The molecule has 0 spiro atoms. The molecule has 1 aromatic carbocycles. The van der Waals surface area contributed by atoms with Gasteiger partial charge in [-0.15, -0.1) is 0 Å². The van der Waals surface area contributed by atoms with E-state index in [2.05, 4.69) is 19.2 Å². The van der Waals surface area contributed by atoms with Crippen molar-refractivity contribution < 1.29 is 13.2 Å². The Labute approximate surface area is 139 Å². The van der Waals surface area contributed by atoms with E-state index in [-0.39, 0.29) is 17.7 Å². The molecule has 4 nitrogen and oxygen atoms in total. The minimum Gasteiger partial charge on any atom is -0.353 e. The lowest BCUT2D eigenvalue weighted by molar-refractivity contribution is -0.122. The Morgan fingerprint density at radius 2 is 1.70 bits per heavy atom. The summed E-state index contributed by atoms with van der Waals surface area (Å²) >= 11 is 0. The van der Waals surface area contributed by atoms with Crippen molar-refractivity contribution >= 4 is 15.7 Å². The van der Waals surface area contributed by atoms with E-state index in [9.17, 15) is 13.2 Å². The number of benzene rings is 1. The van der Waals surface area contributed by atoms with Crippen LogP contribution < -0.4 is 5.32 Å². The third-order valence-electron chi connectivity index (χ3n) is 4.90. The summed E-state index contributed by atoms with van der Waals surface area (Å²) in [7, 11) is -3.18. The van der Waals surface area contributed by atoms with Gasteiger partial charge >= 0.3 is 0 Å². The molecule has 1 aliphatic carbocycles. The van der Waals surface area contributed by atoms with Crippen molar-refractivity contribution in [3.63, 3.8) is 0 Å². The first kappa shape index (κ1) is 18.0. The number of hydrogen-bond acceptors (Lipinski definition) is 3. The molecule has 1 N–H and O–H groups in total. The first-order valence-corrected chi connectivity index (χ1v) is 10.1. The Hall–Kier alpha value is -1.36. The average Bonchev–Trinajstić information content (AvgIpc) is 2.51. The Balaban J connectivity index is 1.98. The van der Waals surface area contributed by atoms with Gasteiger partial charge in [0.15, 0.2) is 9.84 Å². The summed E-state index contributed by atoms with van der Waals surface area (Å²) in [5.74, 6) is 1.13. The van der Waals surface area contributed by atoms with E-state index in [1.165, 1.54) is 19.3 Å². The number of nitrogens with one attached hydrogen (secondary N) is 1. The molecule has 128 valence electrons. The zero-order chi connectivity index (χ0) is 17.0. The normalized spacial score (nSPS) is 22.7. The maximum Gasteiger partial charge on any atom is 0.224 e. The van der Waals surface area contributed by atoms with Crippen molar-refractivity contribution in [3.8, 4) is 0 Å².